The smallest absolute Gasteiger partial charge is 0.106 e. The fraction of sp³-hybridized carbons (Fsp3) is 0.444. The number of hydrogen-bond donors (Lipinski definition) is 2. The van der Waals surface area contributed by atoms with Gasteiger partial charge in [-0.15, -0.1) is 13.2 Å². The Kier molecular flexibility index (Phi) is 3.05. The molecule has 2 unspecified atom stereocenters. The Morgan fingerprint density at radius 2 is 2.25 bits per heavy atom. The zero-order chi connectivity index (χ0) is 8.97. The summed E-state index contributed by atoms with van der Waals surface area (Å²) in [7, 11) is 0. The van der Waals surface area contributed by atoms with Gasteiger partial charge in [0.05, 0.1) is 18.6 Å². The Bertz CT molecular complexity index is 211. The molecule has 0 fully saturated rings. The van der Waals surface area contributed by atoms with Gasteiger partial charge >= 0.3 is 0 Å². The van der Waals surface area contributed by atoms with Crippen molar-refractivity contribution in [2.24, 2.45) is 10.9 Å². The lowest BCUT2D eigenvalue weighted by Crippen LogP contribution is -2.32. The van der Waals surface area contributed by atoms with Crippen molar-refractivity contribution in [2.75, 3.05) is 13.1 Å². The average molecular weight is 166 g/mol. The van der Waals surface area contributed by atoms with Crippen LogP contribution in [0.1, 0.15) is 0 Å². The third-order valence-electron chi connectivity index (χ3n) is 1.88. The Hall–Kier alpha value is -1.09. The summed E-state index contributed by atoms with van der Waals surface area (Å²) in [6, 6.07) is 0. The largest absolute Gasteiger partial charge is 0.388 e. The van der Waals surface area contributed by atoms with E-state index in [2.05, 4.69) is 23.5 Å². The first kappa shape index (κ1) is 9.00. The lowest BCUT2D eigenvalue weighted by Gasteiger charge is -2.16. The van der Waals surface area contributed by atoms with E-state index in [9.17, 15) is 5.11 Å². The molecule has 0 radical (unpaired) electrons. The summed E-state index contributed by atoms with van der Waals surface area (Å²) in [5, 5.41) is 12.6. The molecule has 3 heteroatoms. The molecule has 0 saturated carbocycles. The van der Waals surface area contributed by atoms with Crippen LogP contribution in [-0.2, 0) is 0 Å². The molecule has 0 amide bonds. The van der Waals surface area contributed by atoms with Crippen LogP contribution < -0.4 is 5.32 Å². The van der Waals surface area contributed by atoms with Gasteiger partial charge in [0, 0.05) is 6.54 Å². The van der Waals surface area contributed by atoms with E-state index >= 15 is 0 Å². The first-order chi connectivity index (χ1) is 5.79. The van der Waals surface area contributed by atoms with Crippen LogP contribution >= 0.6 is 0 Å². The van der Waals surface area contributed by atoms with Gasteiger partial charge < -0.3 is 10.4 Å². The van der Waals surface area contributed by atoms with E-state index in [1.54, 1.807) is 6.08 Å². The maximum absolute atomic E-state index is 9.47. The molecule has 0 aromatic heterocycles. The summed E-state index contributed by atoms with van der Waals surface area (Å²) in [6.07, 6.45) is 2.59. The van der Waals surface area contributed by atoms with Crippen LogP contribution in [0, 0.1) is 5.92 Å². The average Bonchev–Trinajstić information content (AvgIpc) is 2.58. The van der Waals surface area contributed by atoms with E-state index in [4.69, 9.17) is 0 Å². The fourth-order valence-electron chi connectivity index (χ4n) is 1.20. The van der Waals surface area contributed by atoms with Crippen LogP contribution in [0.2, 0.25) is 0 Å². The fourth-order valence-corrected chi connectivity index (χ4v) is 1.20. The molecule has 2 N–H and O–H groups in total. The van der Waals surface area contributed by atoms with Crippen molar-refractivity contribution in [2.45, 2.75) is 6.10 Å². The number of rotatable bonds is 4. The highest BCUT2D eigenvalue weighted by Gasteiger charge is 2.20. The lowest BCUT2D eigenvalue weighted by molar-refractivity contribution is 0.203. The van der Waals surface area contributed by atoms with Crippen molar-refractivity contribution < 1.29 is 5.11 Å². The maximum atomic E-state index is 9.47. The standard InChI is InChI=1S/C9H14N2O/c1-3-7(8(12)4-2)9-10-5-6-11-9/h3-4,7-8,12H,1-2,5-6H2,(H,10,11). The molecular formula is C9H14N2O. The summed E-state index contributed by atoms with van der Waals surface area (Å²) in [6.45, 7) is 8.80. The van der Waals surface area contributed by atoms with Crippen molar-refractivity contribution in [3.05, 3.63) is 25.3 Å². The topological polar surface area (TPSA) is 44.6 Å². The molecule has 0 saturated heterocycles. The second-order valence-electron chi connectivity index (χ2n) is 2.68. The third kappa shape index (κ3) is 1.74. The molecule has 2 atom stereocenters. The number of hydrogen-bond acceptors (Lipinski definition) is 3. The molecule has 0 spiro atoms. The molecule has 0 bridgehead atoms. The van der Waals surface area contributed by atoms with E-state index in [1.165, 1.54) is 6.08 Å². The zero-order valence-corrected chi connectivity index (χ0v) is 7.03. The first-order valence-electron chi connectivity index (χ1n) is 4.01. The van der Waals surface area contributed by atoms with E-state index in [0.717, 1.165) is 18.9 Å². The highest BCUT2D eigenvalue weighted by molar-refractivity contribution is 5.88. The number of nitrogens with zero attached hydrogens (tertiary/aromatic N) is 1. The van der Waals surface area contributed by atoms with Crippen molar-refractivity contribution in [1.29, 1.82) is 0 Å². The molecular weight excluding hydrogens is 152 g/mol. The SMILES string of the molecule is C=CC(O)C(C=C)C1=NCCN1. The molecule has 0 aromatic carbocycles. The first-order valence-corrected chi connectivity index (χ1v) is 4.01. The van der Waals surface area contributed by atoms with Crippen LogP contribution in [0.5, 0.6) is 0 Å². The molecule has 0 aliphatic carbocycles. The molecule has 1 rings (SSSR count). The molecule has 1 heterocycles. The zero-order valence-electron chi connectivity index (χ0n) is 7.03. The van der Waals surface area contributed by atoms with E-state index < -0.39 is 6.10 Å². The van der Waals surface area contributed by atoms with E-state index in [-0.39, 0.29) is 5.92 Å². The van der Waals surface area contributed by atoms with Gasteiger partial charge in [-0.2, -0.15) is 0 Å². The van der Waals surface area contributed by atoms with Crippen molar-refractivity contribution in [1.82, 2.24) is 5.32 Å². The Labute approximate surface area is 72.5 Å². The van der Waals surface area contributed by atoms with Crippen LogP contribution in [0.4, 0.5) is 0 Å². The normalized spacial score (nSPS) is 20.6. The Balaban J connectivity index is 2.66. The van der Waals surface area contributed by atoms with Crippen LogP contribution in [0.25, 0.3) is 0 Å². The second-order valence-corrected chi connectivity index (χ2v) is 2.68. The van der Waals surface area contributed by atoms with Gasteiger partial charge in [0.15, 0.2) is 0 Å². The lowest BCUT2D eigenvalue weighted by atomic mass is 10.0. The van der Waals surface area contributed by atoms with E-state index in [1.807, 2.05) is 0 Å². The summed E-state index contributed by atoms with van der Waals surface area (Å²) < 4.78 is 0. The van der Waals surface area contributed by atoms with Crippen LogP contribution in [0.15, 0.2) is 30.3 Å². The molecule has 12 heavy (non-hydrogen) atoms. The van der Waals surface area contributed by atoms with Crippen LogP contribution in [-0.4, -0.2) is 30.1 Å². The van der Waals surface area contributed by atoms with Crippen molar-refractivity contribution >= 4 is 5.84 Å². The molecule has 1 aliphatic heterocycles. The monoisotopic (exact) mass is 166 g/mol. The minimum absolute atomic E-state index is 0.134. The highest BCUT2D eigenvalue weighted by atomic mass is 16.3. The Morgan fingerprint density at radius 3 is 2.67 bits per heavy atom. The summed E-state index contributed by atoms with van der Waals surface area (Å²) in [5.74, 6) is 0.683. The third-order valence-corrected chi connectivity index (χ3v) is 1.88. The van der Waals surface area contributed by atoms with Gasteiger partial charge in [-0.05, 0) is 0 Å². The maximum Gasteiger partial charge on any atom is 0.106 e. The van der Waals surface area contributed by atoms with E-state index in [0.29, 0.717) is 0 Å². The van der Waals surface area contributed by atoms with Gasteiger partial charge in [-0.1, -0.05) is 12.2 Å². The number of aliphatic hydroxyl groups is 1. The predicted octanol–water partition coefficient (Wildman–Crippen LogP) is 0.337. The minimum atomic E-state index is -0.591. The molecule has 0 aromatic rings. The minimum Gasteiger partial charge on any atom is -0.388 e. The molecule has 3 nitrogen and oxygen atoms in total. The van der Waals surface area contributed by atoms with Gasteiger partial charge in [0.2, 0.25) is 0 Å². The van der Waals surface area contributed by atoms with Crippen molar-refractivity contribution in [3.8, 4) is 0 Å². The summed E-state index contributed by atoms with van der Waals surface area (Å²) >= 11 is 0. The van der Waals surface area contributed by atoms with Gasteiger partial charge in [0.25, 0.3) is 0 Å². The number of aliphatic hydroxyl groups excluding tert-OH is 1. The molecule has 66 valence electrons. The number of amidine groups is 1. The highest BCUT2D eigenvalue weighted by Crippen LogP contribution is 2.09. The quantitative estimate of drug-likeness (QED) is 0.591. The summed E-state index contributed by atoms with van der Waals surface area (Å²) in [4.78, 5) is 4.20. The number of aliphatic imine (C=N–C) groups is 1. The second kappa shape index (κ2) is 4.07. The summed E-state index contributed by atoms with van der Waals surface area (Å²) in [5.41, 5.74) is 0. The van der Waals surface area contributed by atoms with Crippen LogP contribution in [0.3, 0.4) is 0 Å². The van der Waals surface area contributed by atoms with Crippen molar-refractivity contribution in [3.63, 3.8) is 0 Å². The number of nitrogens with one attached hydrogen (secondary N) is 1. The Morgan fingerprint density at radius 1 is 1.50 bits per heavy atom. The van der Waals surface area contributed by atoms with Gasteiger partial charge in [-0.25, -0.2) is 0 Å². The molecule has 1 aliphatic rings. The van der Waals surface area contributed by atoms with Gasteiger partial charge in [0.1, 0.15) is 5.84 Å². The van der Waals surface area contributed by atoms with Gasteiger partial charge in [-0.3, -0.25) is 4.99 Å². The predicted molar refractivity (Wildman–Crippen MR) is 50.2 cm³/mol.